The number of nitrogens with zero attached hydrogens (tertiary/aromatic N) is 3. The third-order valence-corrected chi connectivity index (χ3v) is 4.70. The average molecular weight is 360 g/mol. The number of hydrogen-bond acceptors (Lipinski definition) is 5. The van der Waals surface area contributed by atoms with E-state index in [1.807, 2.05) is 20.8 Å². The van der Waals surface area contributed by atoms with Crippen LogP contribution in [0.3, 0.4) is 0 Å². The minimum atomic E-state index is -0.501. The summed E-state index contributed by atoms with van der Waals surface area (Å²) in [6.45, 7) is 6.90. The number of terminal acetylenes is 1. The van der Waals surface area contributed by atoms with E-state index in [-0.39, 0.29) is 30.6 Å². The highest BCUT2D eigenvalue weighted by atomic mass is 16.6. The fraction of sp³-hybridized carbons (Fsp3) is 0.737. The predicted molar refractivity (Wildman–Crippen MR) is 96.9 cm³/mol. The standard InChI is InChI=1S/C19H28N4O3/c1-5-15-6-7-16(12-20)23(15)17(24)13-21-14-8-10-22(11-9-14)18(25)26-19(2,3)4/h1,14-16,21H,6-11,13H2,2-4H3/t15-,16-/m0/s1. The number of carbonyl (C=O) groups is 2. The minimum absolute atomic E-state index is 0.133. The molecule has 2 aliphatic rings. The maximum absolute atomic E-state index is 12.5. The molecule has 0 aromatic heterocycles. The Kier molecular flexibility index (Phi) is 6.50. The van der Waals surface area contributed by atoms with E-state index < -0.39 is 11.6 Å². The van der Waals surface area contributed by atoms with E-state index in [1.54, 1.807) is 4.90 Å². The van der Waals surface area contributed by atoms with Crippen molar-refractivity contribution < 1.29 is 14.3 Å². The van der Waals surface area contributed by atoms with Gasteiger partial charge in [0, 0.05) is 19.1 Å². The Labute approximate surface area is 155 Å². The molecule has 142 valence electrons. The number of hydrogen-bond donors (Lipinski definition) is 1. The fourth-order valence-electron chi connectivity index (χ4n) is 3.36. The van der Waals surface area contributed by atoms with E-state index in [0.717, 1.165) is 12.8 Å². The van der Waals surface area contributed by atoms with Gasteiger partial charge in [0.2, 0.25) is 5.91 Å². The molecule has 0 bridgehead atoms. The maximum Gasteiger partial charge on any atom is 0.410 e. The quantitative estimate of drug-likeness (QED) is 0.771. The highest BCUT2D eigenvalue weighted by Gasteiger charge is 2.36. The highest BCUT2D eigenvalue weighted by molar-refractivity contribution is 5.80. The molecule has 0 aromatic rings. The van der Waals surface area contributed by atoms with Crippen molar-refractivity contribution >= 4 is 12.0 Å². The largest absolute Gasteiger partial charge is 0.444 e. The minimum Gasteiger partial charge on any atom is -0.444 e. The summed E-state index contributed by atoms with van der Waals surface area (Å²) in [5.74, 6) is 2.47. The molecule has 2 fully saturated rings. The SMILES string of the molecule is C#C[C@H]1CC[C@@H](C#N)N1C(=O)CNC1CCN(C(=O)OC(C)(C)C)CC1. The molecule has 26 heavy (non-hydrogen) atoms. The number of ether oxygens (including phenoxy) is 1. The van der Waals surface area contributed by atoms with Crippen molar-refractivity contribution in [3.63, 3.8) is 0 Å². The first-order valence-corrected chi connectivity index (χ1v) is 9.13. The van der Waals surface area contributed by atoms with Crippen LogP contribution in [-0.2, 0) is 9.53 Å². The lowest BCUT2D eigenvalue weighted by molar-refractivity contribution is -0.131. The van der Waals surface area contributed by atoms with Crippen molar-refractivity contribution in [1.82, 2.24) is 15.1 Å². The molecule has 0 saturated carbocycles. The lowest BCUT2D eigenvalue weighted by Gasteiger charge is -2.34. The van der Waals surface area contributed by atoms with Crippen LogP contribution >= 0.6 is 0 Å². The zero-order chi connectivity index (χ0) is 19.3. The van der Waals surface area contributed by atoms with Gasteiger partial charge in [0.25, 0.3) is 0 Å². The Balaban J connectivity index is 1.78. The van der Waals surface area contributed by atoms with Gasteiger partial charge < -0.3 is 19.9 Å². The predicted octanol–water partition coefficient (Wildman–Crippen LogP) is 1.49. The molecule has 0 aliphatic carbocycles. The highest BCUT2D eigenvalue weighted by Crippen LogP contribution is 2.23. The van der Waals surface area contributed by atoms with Gasteiger partial charge in [-0.25, -0.2) is 4.79 Å². The summed E-state index contributed by atoms with van der Waals surface area (Å²) in [4.78, 5) is 27.8. The van der Waals surface area contributed by atoms with Crippen molar-refractivity contribution in [3.05, 3.63) is 0 Å². The normalized spacial score (nSPS) is 24.0. The van der Waals surface area contributed by atoms with E-state index in [1.165, 1.54) is 4.90 Å². The summed E-state index contributed by atoms with van der Waals surface area (Å²) < 4.78 is 5.38. The van der Waals surface area contributed by atoms with Crippen LogP contribution in [0.4, 0.5) is 4.79 Å². The van der Waals surface area contributed by atoms with Crippen molar-refractivity contribution in [3.8, 4) is 18.4 Å². The van der Waals surface area contributed by atoms with Crippen LogP contribution < -0.4 is 5.32 Å². The Morgan fingerprint density at radius 3 is 2.35 bits per heavy atom. The Morgan fingerprint density at radius 1 is 1.19 bits per heavy atom. The molecule has 7 nitrogen and oxygen atoms in total. The zero-order valence-corrected chi connectivity index (χ0v) is 15.8. The maximum atomic E-state index is 12.5. The van der Waals surface area contributed by atoms with Gasteiger partial charge in [0.05, 0.1) is 18.7 Å². The topological polar surface area (TPSA) is 85.7 Å². The molecule has 0 spiro atoms. The second-order valence-electron chi connectivity index (χ2n) is 7.83. The molecule has 7 heteroatoms. The number of nitriles is 1. The molecular formula is C19H28N4O3. The molecule has 2 heterocycles. The van der Waals surface area contributed by atoms with Gasteiger partial charge in [-0.1, -0.05) is 5.92 Å². The molecule has 0 aromatic carbocycles. The van der Waals surface area contributed by atoms with Crippen LogP contribution in [0.5, 0.6) is 0 Å². The van der Waals surface area contributed by atoms with Crippen molar-refractivity contribution in [2.45, 2.75) is 70.2 Å². The molecule has 2 aliphatic heterocycles. The summed E-state index contributed by atoms with van der Waals surface area (Å²) >= 11 is 0. The van der Waals surface area contributed by atoms with E-state index in [0.29, 0.717) is 25.9 Å². The van der Waals surface area contributed by atoms with Gasteiger partial charge in [0.1, 0.15) is 11.6 Å². The zero-order valence-electron chi connectivity index (χ0n) is 15.8. The number of carbonyl (C=O) groups excluding carboxylic acids is 2. The Bertz CT molecular complexity index is 584. The second kappa shape index (κ2) is 8.42. The Morgan fingerprint density at radius 2 is 1.81 bits per heavy atom. The van der Waals surface area contributed by atoms with E-state index >= 15 is 0 Å². The Hall–Kier alpha value is -2.25. The van der Waals surface area contributed by atoms with Crippen molar-refractivity contribution in [2.24, 2.45) is 0 Å². The van der Waals surface area contributed by atoms with Crippen LogP contribution in [0, 0.1) is 23.7 Å². The molecular weight excluding hydrogens is 332 g/mol. The van der Waals surface area contributed by atoms with Crippen LogP contribution in [0.25, 0.3) is 0 Å². The molecule has 0 unspecified atom stereocenters. The first-order valence-electron chi connectivity index (χ1n) is 9.13. The lowest BCUT2D eigenvalue weighted by Crippen LogP contribution is -2.50. The van der Waals surface area contributed by atoms with Gasteiger partial charge in [0.15, 0.2) is 0 Å². The van der Waals surface area contributed by atoms with Crippen molar-refractivity contribution in [2.75, 3.05) is 19.6 Å². The summed E-state index contributed by atoms with van der Waals surface area (Å²) in [5.41, 5.74) is -0.501. The number of amides is 2. The summed E-state index contributed by atoms with van der Waals surface area (Å²) in [6, 6.07) is 1.60. The van der Waals surface area contributed by atoms with Gasteiger partial charge in [-0.3, -0.25) is 4.79 Å². The lowest BCUT2D eigenvalue weighted by atomic mass is 10.1. The first kappa shape index (κ1) is 20.1. The second-order valence-corrected chi connectivity index (χ2v) is 7.83. The average Bonchev–Trinajstić information content (AvgIpc) is 3.01. The summed E-state index contributed by atoms with van der Waals surface area (Å²) in [6.07, 6.45) is 8.01. The van der Waals surface area contributed by atoms with Crippen LogP contribution in [0.2, 0.25) is 0 Å². The molecule has 2 atom stereocenters. The van der Waals surface area contributed by atoms with Crippen molar-refractivity contribution in [1.29, 1.82) is 5.26 Å². The van der Waals surface area contributed by atoms with Crippen LogP contribution in [0.15, 0.2) is 0 Å². The molecule has 2 saturated heterocycles. The van der Waals surface area contributed by atoms with Gasteiger partial charge in [-0.2, -0.15) is 5.26 Å². The van der Waals surface area contributed by atoms with Gasteiger partial charge in [-0.05, 0) is 46.5 Å². The van der Waals surface area contributed by atoms with Gasteiger partial charge >= 0.3 is 6.09 Å². The summed E-state index contributed by atoms with van der Waals surface area (Å²) in [7, 11) is 0. The number of likely N-dealkylation sites (tertiary alicyclic amines) is 2. The van der Waals surface area contributed by atoms with Crippen LogP contribution in [-0.4, -0.2) is 65.2 Å². The van der Waals surface area contributed by atoms with E-state index in [2.05, 4.69) is 17.3 Å². The van der Waals surface area contributed by atoms with Crippen LogP contribution in [0.1, 0.15) is 46.5 Å². The molecule has 2 amide bonds. The molecule has 0 radical (unpaired) electrons. The third-order valence-electron chi connectivity index (χ3n) is 4.70. The molecule has 2 rings (SSSR count). The number of rotatable bonds is 3. The number of piperidine rings is 1. The van der Waals surface area contributed by atoms with E-state index in [9.17, 15) is 14.9 Å². The number of nitrogens with one attached hydrogen (secondary N) is 1. The smallest absolute Gasteiger partial charge is 0.410 e. The third kappa shape index (κ3) is 5.12. The summed E-state index contributed by atoms with van der Waals surface area (Å²) in [5, 5.41) is 12.4. The fourth-order valence-corrected chi connectivity index (χ4v) is 3.36. The monoisotopic (exact) mass is 360 g/mol. The molecule has 1 N–H and O–H groups in total. The van der Waals surface area contributed by atoms with Gasteiger partial charge in [-0.15, -0.1) is 6.42 Å². The first-order chi connectivity index (χ1) is 12.2. The van der Waals surface area contributed by atoms with E-state index in [4.69, 9.17) is 11.2 Å².